The van der Waals surface area contributed by atoms with Gasteiger partial charge in [-0.05, 0) is 23.9 Å². The number of carbonyl (C=O) groups excluding carboxylic acids is 1. The maximum atomic E-state index is 12.7. The van der Waals surface area contributed by atoms with E-state index in [9.17, 15) is 14.7 Å². The molecule has 0 saturated carbocycles. The van der Waals surface area contributed by atoms with Crippen molar-refractivity contribution in [3.05, 3.63) is 52.2 Å². The van der Waals surface area contributed by atoms with Crippen LogP contribution in [0, 0.1) is 0 Å². The number of hydrogen-bond donors (Lipinski definition) is 1. The maximum absolute atomic E-state index is 12.7. The van der Waals surface area contributed by atoms with Crippen molar-refractivity contribution < 1.29 is 19.4 Å². The predicted octanol–water partition coefficient (Wildman–Crippen LogP) is 2.87. The van der Waals surface area contributed by atoms with Crippen molar-refractivity contribution in [2.45, 2.75) is 19.5 Å². The Bertz CT molecular complexity index is 653. The number of carboxylic acid groups (broad SMARTS) is 1. The number of carboxylic acids is 1. The molecule has 1 unspecified atom stereocenters. The van der Waals surface area contributed by atoms with Gasteiger partial charge in [0.05, 0.1) is 7.11 Å². The highest BCUT2D eigenvalue weighted by Crippen LogP contribution is 2.27. The largest absolute Gasteiger partial charge is 0.495 e. The quantitative estimate of drug-likeness (QED) is 0.889. The van der Waals surface area contributed by atoms with Gasteiger partial charge in [0, 0.05) is 6.54 Å². The zero-order valence-corrected chi connectivity index (χ0v) is 13.2. The zero-order chi connectivity index (χ0) is 16.1. The molecule has 0 aliphatic carbocycles. The Morgan fingerprint density at radius 3 is 2.55 bits per heavy atom. The van der Waals surface area contributed by atoms with E-state index in [1.54, 1.807) is 11.4 Å². The Labute approximate surface area is 132 Å². The monoisotopic (exact) mass is 319 g/mol. The normalized spacial score (nSPS) is 11.7. The number of benzene rings is 1. The molecule has 1 aromatic heterocycles. The van der Waals surface area contributed by atoms with Crippen molar-refractivity contribution in [3.63, 3.8) is 0 Å². The number of amides is 1. The van der Waals surface area contributed by atoms with Crippen LogP contribution in [-0.2, 0) is 11.3 Å². The van der Waals surface area contributed by atoms with Crippen molar-refractivity contribution >= 4 is 23.2 Å². The summed E-state index contributed by atoms with van der Waals surface area (Å²) in [4.78, 5) is 25.8. The maximum Gasteiger partial charge on any atom is 0.326 e. The number of rotatable bonds is 6. The molecule has 6 heteroatoms. The van der Waals surface area contributed by atoms with Gasteiger partial charge in [0.25, 0.3) is 5.91 Å². The van der Waals surface area contributed by atoms with Crippen LogP contribution in [0.5, 0.6) is 5.75 Å². The lowest BCUT2D eigenvalue weighted by Gasteiger charge is -2.26. The van der Waals surface area contributed by atoms with Crippen molar-refractivity contribution in [2.24, 2.45) is 0 Å². The minimum atomic E-state index is -1.04. The van der Waals surface area contributed by atoms with Crippen molar-refractivity contribution in [3.8, 4) is 5.75 Å². The summed E-state index contributed by atoms with van der Waals surface area (Å²) in [6.07, 6.45) is 0. The van der Waals surface area contributed by atoms with Gasteiger partial charge in [-0.15, -0.1) is 11.3 Å². The van der Waals surface area contributed by atoms with Gasteiger partial charge < -0.3 is 14.7 Å². The van der Waals surface area contributed by atoms with Gasteiger partial charge in [0.2, 0.25) is 0 Å². The van der Waals surface area contributed by atoms with Gasteiger partial charge in [0.15, 0.2) is 0 Å². The van der Waals surface area contributed by atoms with E-state index in [0.29, 0.717) is 10.6 Å². The van der Waals surface area contributed by atoms with Gasteiger partial charge in [0.1, 0.15) is 16.7 Å². The third kappa shape index (κ3) is 3.46. The molecule has 116 valence electrons. The van der Waals surface area contributed by atoms with Crippen LogP contribution in [0.4, 0.5) is 0 Å². The molecule has 22 heavy (non-hydrogen) atoms. The first kappa shape index (κ1) is 16.0. The smallest absolute Gasteiger partial charge is 0.326 e. The first-order valence-corrected chi connectivity index (χ1v) is 7.61. The lowest BCUT2D eigenvalue weighted by Crippen LogP contribution is -2.42. The van der Waals surface area contributed by atoms with Gasteiger partial charge >= 0.3 is 5.97 Å². The van der Waals surface area contributed by atoms with Crippen LogP contribution >= 0.6 is 11.3 Å². The molecule has 0 spiro atoms. The topological polar surface area (TPSA) is 66.8 Å². The number of nitrogens with zero attached hydrogens (tertiary/aromatic N) is 1. The second-order valence-electron chi connectivity index (χ2n) is 4.75. The Kier molecular flexibility index (Phi) is 5.16. The predicted molar refractivity (Wildman–Crippen MR) is 84.3 cm³/mol. The summed E-state index contributed by atoms with van der Waals surface area (Å²) in [5.41, 5.74) is 0.875. The van der Waals surface area contributed by atoms with Gasteiger partial charge in [-0.2, -0.15) is 0 Å². The molecule has 1 heterocycles. The van der Waals surface area contributed by atoms with Crippen LogP contribution in [0.1, 0.15) is 22.2 Å². The number of ether oxygens (including phenoxy) is 1. The van der Waals surface area contributed by atoms with E-state index in [1.165, 1.54) is 30.3 Å². The van der Waals surface area contributed by atoms with E-state index in [1.807, 2.05) is 30.3 Å². The fourth-order valence-corrected chi connectivity index (χ4v) is 2.86. The minimum absolute atomic E-state index is 0.230. The van der Waals surface area contributed by atoms with E-state index in [0.717, 1.165) is 5.56 Å². The minimum Gasteiger partial charge on any atom is -0.495 e. The van der Waals surface area contributed by atoms with Crippen LogP contribution in [0.3, 0.4) is 0 Å². The molecule has 0 saturated heterocycles. The van der Waals surface area contributed by atoms with Crippen LogP contribution in [0.25, 0.3) is 0 Å². The molecule has 2 aromatic rings. The average Bonchev–Trinajstić information content (AvgIpc) is 3.00. The van der Waals surface area contributed by atoms with Crippen molar-refractivity contribution in [1.82, 2.24) is 4.90 Å². The molecule has 0 bridgehead atoms. The molecule has 1 aromatic carbocycles. The highest BCUT2D eigenvalue weighted by molar-refractivity contribution is 7.12. The van der Waals surface area contributed by atoms with Crippen LogP contribution in [-0.4, -0.2) is 35.0 Å². The molecular formula is C16H17NO4S. The lowest BCUT2D eigenvalue weighted by molar-refractivity contribution is -0.141. The Balaban J connectivity index is 2.32. The molecule has 0 radical (unpaired) electrons. The average molecular weight is 319 g/mol. The number of aliphatic carboxylic acids is 1. The molecular weight excluding hydrogens is 302 g/mol. The summed E-state index contributed by atoms with van der Waals surface area (Å²) in [6, 6.07) is 10.1. The lowest BCUT2D eigenvalue weighted by atomic mass is 10.1. The van der Waals surface area contributed by atoms with Crippen LogP contribution in [0.2, 0.25) is 0 Å². The molecule has 0 aliphatic rings. The van der Waals surface area contributed by atoms with Gasteiger partial charge in [-0.1, -0.05) is 30.3 Å². The van der Waals surface area contributed by atoms with Crippen LogP contribution < -0.4 is 4.74 Å². The molecule has 2 rings (SSSR count). The number of thiophene rings is 1. The molecule has 1 N–H and O–H groups in total. The molecule has 0 aliphatic heterocycles. The third-order valence-electron chi connectivity index (χ3n) is 3.32. The zero-order valence-electron chi connectivity index (χ0n) is 12.4. The van der Waals surface area contributed by atoms with Crippen molar-refractivity contribution in [2.75, 3.05) is 7.11 Å². The van der Waals surface area contributed by atoms with Crippen LogP contribution in [0.15, 0.2) is 41.8 Å². The Hall–Kier alpha value is -2.34. The number of methoxy groups -OCH3 is 1. The summed E-state index contributed by atoms with van der Waals surface area (Å²) in [5.74, 6) is -0.920. The van der Waals surface area contributed by atoms with E-state index in [-0.39, 0.29) is 12.5 Å². The van der Waals surface area contributed by atoms with Crippen molar-refractivity contribution in [1.29, 1.82) is 0 Å². The standard InChI is InChI=1S/C16H17NO4S/c1-11(16(19)20)17(10-12-6-4-3-5-7-12)15(18)14-13(21-2)8-9-22-14/h3-9,11H,10H2,1-2H3,(H,19,20). The summed E-state index contributed by atoms with van der Waals surface area (Å²) in [5, 5.41) is 11.0. The first-order valence-electron chi connectivity index (χ1n) is 6.73. The third-order valence-corrected chi connectivity index (χ3v) is 4.21. The second-order valence-corrected chi connectivity index (χ2v) is 5.67. The summed E-state index contributed by atoms with van der Waals surface area (Å²) >= 11 is 1.24. The number of carbonyl (C=O) groups is 2. The second kappa shape index (κ2) is 7.09. The molecule has 5 nitrogen and oxygen atoms in total. The fourth-order valence-electron chi connectivity index (χ4n) is 2.04. The van der Waals surface area contributed by atoms with E-state index < -0.39 is 12.0 Å². The van der Waals surface area contributed by atoms with E-state index in [4.69, 9.17) is 4.74 Å². The van der Waals surface area contributed by atoms with E-state index >= 15 is 0 Å². The first-order chi connectivity index (χ1) is 10.5. The molecule has 1 atom stereocenters. The SMILES string of the molecule is COc1ccsc1C(=O)N(Cc1ccccc1)C(C)C(=O)O. The molecule has 0 fully saturated rings. The summed E-state index contributed by atoms with van der Waals surface area (Å²) < 4.78 is 5.16. The Morgan fingerprint density at radius 2 is 1.95 bits per heavy atom. The molecule has 1 amide bonds. The highest BCUT2D eigenvalue weighted by atomic mass is 32.1. The fraction of sp³-hybridized carbons (Fsp3) is 0.250. The Morgan fingerprint density at radius 1 is 1.27 bits per heavy atom. The van der Waals surface area contributed by atoms with E-state index in [2.05, 4.69) is 0 Å². The highest BCUT2D eigenvalue weighted by Gasteiger charge is 2.29. The van der Waals surface area contributed by atoms with Gasteiger partial charge in [-0.25, -0.2) is 4.79 Å². The number of hydrogen-bond acceptors (Lipinski definition) is 4. The summed E-state index contributed by atoms with van der Waals surface area (Å²) in [6.45, 7) is 1.73. The summed E-state index contributed by atoms with van der Waals surface area (Å²) in [7, 11) is 1.49. The van der Waals surface area contributed by atoms with Gasteiger partial charge in [-0.3, -0.25) is 4.79 Å².